The van der Waals surface area contributed by atoms with Crippen LogP contribution in [0.1, 0.15) is 45.4 Å². The monoisotopic (exact) mass is 213 g/mol. The van der Waals surface area contributed by atoms with Crippen LogP contribution in [-0.4, -0.2) is 24.1 Å². The Bertz CT molecular complexity index is 210. The molecule has 1 saturated carbocycles. The number of nitrogens with one attached hydrogen (secondary N) is 1. The lowest BCUT2D eigenvalue weighted by Crippen LogP contribution is -2.33. The van der Waals surface area contributed by atoms with Gasteiger partial charge >= 0.3 is 0 Å². The van der Waals surface area contributed by atoms with Gasteiger partial charge in [0.05, 0.1) is 0 Å². The predicted octanol–water partition coefficient (Wildman–Crippen LogP) is 1.68. The molecule has 1 rings (SSSR count). The molecule has 0 aromatic heterocycles. The molecule has 0 atom stereocenters. The van der Waals surface area contributed by atoms with E-state index in [0.717, 1.165) is 13.1 Å². The molecular weight excluding hydrogens is 190 g/mol. The van der Waals surface area contributed by atoms with Gasteiger partial charge in [0.2, 0.25) is 0 Å². The van der Waals surface area contributed by atoms with Crippen molar-refractivity contribution in [1.29, 1.82) is 0 Å². The molecule has 4 nitrogen and oxygen atoms in total. The fourth-order valence-electron chi connectivity index (χ4n) is 2.40. The van der Waals surface area contributed by atoms with Gasteiger partial charge in [0.15, 0.2) is 0 Å². The number of nitrogens with two attached hydrogens (primary N) is 1. The van der Waals surface area contributed by atoms with E-state index in [0.29, 0.717) is 17.7 Å². The normalized spacial score (nSPS) is 20.7. The van der Waals surface area contributed by atoms with Gasteiger partial charge in [-0.3, -0.25) is 0 Å². The zero-order chi connectivity index (χ0) is 11.1. The van der Waals surface area contributed by atoms with Crippen molar-refractivity contribution < 1.29 is 5.21 Å². The summed E-state index contributed by atoms with van der Waals surface area (Å²) in [6, 6.07) is 0. The fraction of sp³-hybridized carbons (Fsp3) is 0.909. The first-order valence-corrected chi connectivity index (χ1v) is 5.89. The summed E-state index contributed by atoms with van der Waals surface area (Å²) in [5.74, 6) is 0.305. The lowest BCUT2D eigenvalue weighted by Gasteiger charge is -2.27. The van der Waals surface area contributed by atoms with Crippen molar-refractivity contribution in [3.05, 3.63) is 0 Å². The Morgan fingerprint density at radius 2 is 2.13 bits per heavy atom. The van der Waals surface area contributed by atoms with Gasteiger partial charge in [0.25, 0.3) is 0 Å². The van der Waals surface area contributed by atoms with Gasteiger partial charge in [-0.2, -0.15) is 0 Å². The molecule has 88 valence electrons. The zero-order valence-corrected chi connectivity index (χ0v) is 9.63. The summed E-state index contributed by atoms with van der Waals surface area (Å²) in [6.07, 6.45) is 7.31. The van der Waals surface area contributed by atoms with Crippen LogP contribution in [-0.2, 0) is 0 Å². The Balaban J connectivity index is 2.18. The second kappa shape index (κ2) is 5.95. The highest BCUT2D eigenvalue weighted by molar-refractivity contribution is 5.79. The Labute approximate surface area is 91.9 Å². The first-order valence-electron chi connectivity index (χ1n) is 5.89. The van der Waals surface area contributed by atoms with E-state index >= 15 is 0 Å². The Hall–Kier alpha value is -0.770. The van der Waals surface area contributed by atoms with E-state index in [9.17, 15) is 0 Å². The molecule has 1 aliphatic carbocycles. The van der Waals surface area contributed by atoms with E-state index in [4.69, 9.17) is 10.9 Å². The number of nitrogens with zero attached hydrogens (tertiary/aromatic N) is 1. The van der Waals surface area contributed by atoms with E-state index in [1.54, 1.807) is 0 Å². The summed E-state index contributed by atoms with van der Waals surface area (Å²) in [5, 5.41) is 14.7. The maximum atomic E-state index is 8.38. The fourth-order valence-corrected chi connectivity index (χ4v) is 2.40. The van der Waals surface area contributed by atoms with Crippen LogP contribution in [0.3, 0.4) is 0 Å². The molecule has 0 aromatic carbocycles. The second-order valence-electron chi connectivity index (χ2n) is 4.58. The van der Waals surface area contributed by atoms with Crippen LogP contribution in [0.25, 0.3) is 0 Å². The largest absolute Gasteiger partial charge is 0.409 e. The quantitative estimate of drug-likeness (QED) is 0.207. The van der Waals surface area contributed by atoms with Crippen LogP contribution in [0.4, 0.5) is 0 Å². The Morgan fingerprint density at radius 3 is 2.67 bits per heavy atom. The minimum Gasteiger partial charge on any atom is -0.409 e. The molecule has 15 heavy (non-hydrogen) atoms. The summed E-state index contributed by atoms with van der Waals surface area (Å²) in [7, 11) is 0. The zero-order valence-electron chi connectivity index (χ0n) is 9.63. The number of hydrogen-bond donors (Lipinski definition) is 3. The molecule has 0 bridgehead atoms. The molecule has 0 amide bonds. The van der Waals surface area contributed by atoms with E-state index < -0.39 is 0 Å². The maximum Gasteiger partial charge on any atom is 0.140 e. The molecule has 0 saturated heterocycles. The molecule has 1 aliphatic rings. The lowest BCUT2D eigenvalue weighted by molar-refractivity contribution is 0.270. The number of rotatable bonds is 6. The summed E-state index contributed by atoms with van der Waals surface area (Å²) in [6.45, 7) is 4.15. The van der Waals surface area contributed by atoms with E-state index in [1.807, 2.05) is 0 Å². The Morgan fingerprint density at radius 1 is 1.47 bits per heavy atom. The summed E-state index contributed by atoms with van der Waals surface area (Å²) < 4.78 is 0. The lowest BCUT2D eigenvalue weighted by atomic mass is 9.83. The second-order valence-corrected chi connectivity index (χ2v) is 4.58. The molecule has 0 heterocycles. The minimum absolute atomic E-state index is 0.305. The van der Waals surface area contributed by atoms with Crippen molar-refractivity contribution >= 4 is 5.84 Å². The number of amidine groups is 1. The smallest absolute Gasteiger partial charge is 0.140 e. The van der Waals surface area contributed by atoms with Crippen molar-refractivity contribution in [1.82, 2.24) is 5.32 Å². The SMILES string of the molecule is CCC1(CNCCC(N)=NO)CCCC1. The molecular formula is C11H23N3O. The molecule has 0 unspecified atom stereocenters. The van der Waals surface area contributed by atoms with E-state index in [2.05, 4.69) is 17.4 Å². The highest BCUT2D eigenvalue weighted by Gasteiger charge is 2.31. The summed E-state index contributed by atoms with van der Waals surface area (Å²) in [4.78, 5) is 0. The van der Waals surface area contributed by atoms with Gasteiger partial charge in [-0.05, 0) is 24.7 Å². The van der Waals surface area contributed by atoms with Crippen molar-refractivity contribution in [3.63, 3.8) is 0 Å². The molecule has 0 aliphatic heterocycles. The third-order valence-corrected chi connectivity index (χ3v) is 3.60. The Kier molecular flexibility index (Phi) is 4.88. The van der Waals surface area contributed by atoms with Gasteiger partial charge in [-0.15, -0.1) is 0 Å². The summed E-state index contributed by atoms with van der Waals surface area (Å²) in [5.41, 5.74) is 5.91. The summed E-state index contributed by atoms with van der Waals surface area (Å²) >= 11 is 0. The van der Waals surface area contributed by atoms with Crippen LogP contribution in [0.5, 0.6) is 0 Å². The topological polar surface area (TPSA) is 70.6 Å². The van der Waals surface area contributed by atoms with Crippen LogP contribution >= 0.6 is 0 Å². The molecule has 4 N–H and O–H groups in total. The van der Waals surface area contributed by atoms with Gasteiger partial charge in [-0.25, -0.2) is 0 Å². The average Bonchev–Trinajstić information content (AvgIpc) is 2.73. The predicted molar refractivity (Wildman–Crippen MR) is 62.1 cm³/mol. The average molecular weight is 213 g/mol. The standard InChI is InChI=1S/C11H23N3O/c1-2-11(6-3-4-7-11)9-13-8-5-10(12)14-15/h13,15H,2-9H2,1H3,(H2,12,14). The molecule has 0 radical (unpaired) electrons. The van der Waals surface area contributed by atoms with E-state index in [-0.39, 0.29) is 0 Å². The number of hydrogen-bond acceptors (Lipinski definition) is 3. The third-order valence-electron chi connectivity index (χ3n) is 3.60. The van der Waals surface area contributed by atoms with Gasteiger partial charge in [0.1, 0.15) is 5.84 Å². The number of oxime groups is 1. The first kappa shape index (κ1) is 12.3. The van der Waals surface area contributed by atoms with Crippen molar-refractivity contribution in [2.45, 2.75) is 45.4 Å². The van der Waals surface area contributed by atoms with Gasteiger partial charge < -0.3 is 16.3 Å². The van der Waals surface area contributed by atoms with Crippen LogP contribution in [0.15, 0.2) is 5.16 Å². The minimum atomic E-state index is 0.305. The molecule has 1 fully saturated rings. The first-order chi connectivity index (χ1) is 7.22. The molecule has 0 aromatic rings. The van der Waals surface area contributed by atoms with Crippen molar-refractivity contribution in [2.24, 2.45) is 16.3 Å². The van der Waals surface area contributed by atoms with Gasteiger partial charge in [0, 0.05) is 19.5 Å². The molecule has 0 spiro atoms. The van der Waals surface area contributed by atoms with Crippen molar-refractivity contribution in [2.75, 3.05) is 13.1 Å². The highest BCUT2D eigenvalue weighted by atomic mass is 16.4. The van der Waals surface area contributed by atoms with Crippen LogP contribution < -0.4 is 11.1 Å². The third kappa shape index (κ3) is 3.70. The van der Waals surface area contributed by atoms with E-state index in [1.165, 1.54) is 32.1 Å². The highest BCUT2D eigenvalue weighted by Crippen LogP contribution is 2.40. The van der Waals surface area contributed by atoms with Crippen LogP contribution in [0.2, 0.25) is 0 Å². The molecule has 4 heteroatoms. The van der Waals surface area contributed by atoms with Gasteiger partial charge in [-0.1, -0.05) is 24.9 Å². The van der Waals surface area contributed by atoms with Crippen LogP contribution in [0, 0.1) is 5.41 Å². The maximum absolute atomic E-state index is 8.38. The van der Waals surface area contributed by atoms with Crippen molar-refractivity contribution in [3.8, 4) is 0 Å².